The summed E-state index contributed by atoms with van der Waals surface area (Å²) >= 11 is 3.33. The Kier molecular flexibility index (Phi) is 7.82. The van der Waals surface area contributed by atoms with Gasteiger partial charge in [-0.05, 0) is 61.2 Å². The van der Waals surface area contributed by atoms with Gasteiger partial charge < -0.3 is 15.3 Å². The number of hydrogen-bond acceptors (Lipinski definition) is 3. The lowest BCUT2D eigenvalue weighted by Crippen LogP contribution is -2.42. The monoisotopic (exact) mass is 512 g/mol. The molecule has 1 unspecified atom stereocenters. The van der Waals surface area contributed by atoms with Crippen LogP contribution in [0.4, 0.5) is 18.9 Å². The molecule has 3 rings (SSSR count). The highest BCUT2D eigenvalue weighted by molar-refractivity contribution is 9.10. The first-order chi connectivity index (χ1) is 15.1. The fourth-order valence-electron chi connectivity index (χ4n) is 3.78. The smallest absolute Gasteiger partial charge is 0.389 e. The number of carbonyl (C=O) groups is 2. The first kappa shape index (κ1) is 24.1. The molecule has 2 aromatic rings. The molecule has 1 heterocycles. The van der Waals surface area contributed by atoms with Crippen LogP contribution < -0.4 is 5.32 Å². The second-order valence-corrected chi connectivity index (χ2v) is 8.82. The van der Waals surface area contributed by atoms with Crippen molar-refractivity contribution in [3.63, 3.8) is 0 Å². The summed E-state index contributed by atoms with van der Waals surface area (Å²) in [6, 6.07) is 13.1. The summed E-state index contributed by atoms with van der Waals surface area (Å²) in [7, 11) is 0. The summed E-state index contributed by atoms with van der Waals surface area (Å²) in [6.45, 7) is 0.683. The van der Waals surface area contributed by atoms with Gasteiger partial charge in [-0.3, -0.25) is 9.59 Å². The number of carboxylic acid groups (broad SMARTS) is 1. The van der Waals surface area contributed by atoms with Crippen molar-refractivity contribution in [3.05, 3.63) is 64.1 Å². The van der Waals surface area contributed by atoms with E-state index in [0.717, 1.165) is 10.0 Å². The Morgan fingerprint density at radius 1 is 1.12 bits per heavy atom. The van der Waals surface area contributed by atoms with Gasteiger partial charge in [0.2, 0.25) is 0 Å². The van der Waals surface area contributed by atoms with Crippen LogP contribution in [-0.2, 0) is 4.79 Å². The number of piperidine rings is 1. The number of hydrogen-bond donors (Lipinski definition) is 2. The standard InChI is InChI=1S/C23H24BrF3N2O3/c24-18-7-3-15(4-8-18)20(11-12-23(25,26)27)28-19-9-5-16(6-10-19)21(30)29-13-1-2-17(14-29)22(31)32/h3-10,17,20,28H,1-2,11-14H2,(H,31,32)/t17-,20?/m1/s1. The molecule has 0 bridgehead atoms. The number of anilines is 1. The van der Waals surface area contributed by atoms with E-state index in [1.54, 1.807) is 53.4 Å². The molecule has 0 aliphatic carbocycles. The van der Waals surface area contributed by atoms with Gasteiger partial charge >= 0.3 is 12.1 Å². The van der Waals surface area contributed by atoms with E-state index in [0.29, 0.717) is 30.6 Å². The van der Waals surface area contributed by atoms with Crippen molar-refractivity contribution in [2.24, 2.45) is 5.92 Å². The number of benzene rings is 2. The van der Waals surface area contributed by atoms with Crippen molar-refractivity contribution in [1.29, 1.82) is 0 Å². The number of alkyl halides is 3. The Bertz CT molecular complexity index is 933. The van der Waals surface area contributed by atoms with E-state index >= 15 is 0 Å². The molecule has 2 atom stereocenters. The molecule has 2 aromatic carbocycles. The molecule has 32 heavy (non-hydrogen) atoms. The molecular weight excluding hydrogens is 489 g/mol. The van der Waals surface area contributed by atoms with Crippen molar-refractivity contribution < 1.29 is 27.9 Å². The summed E-state index contributed by atoms with van der Waals surface area (Å²) in [4.78, 5) is 25.5. The molecule has 2 N–H and O–H groups in total. The lowest BCUT2D eigenvalue weighted by Gasteiger charge is -2.30. The maximum Gasteiger partial charge on any atom is 0.389 e. The summed E-state index contributed by atoms with van der Waals surface area (Å²) < 4.78 is 39.3. The summed E-state index contributed by atoms with van der Waals surface area (Å²) in [5.41, 5.74) is 1.74. The van der Waals surface area contributed by atoms with Crippen LogP contribution in [0.2, 0.25) is 0 Å². The van der Waals surface area contributed by atoms with E-state index < -0.39 is 30.5 Å². The number of likely N-dealkylation sites (tertiary alicyclic amines) is 1. The van der Waals surface area contributed by atoms with E-state index in [4.69, 9.17) is 0 Å². The fraction of sp³-hybridized carbons (Fsp3) is 0.391. The van der Waals surface area contributed by atoms with Gasteiger partial charge in [0.05, 0.1) is 12.0 Å². The molecule has 1 aliphatic rings. The Morgan fingerprint density at radius 3 is 2.38 bits per heavy atom. The molecule has 172 valence electrons. The number of carbonyl (C=O) groups excluding carboxylic acids is 1. The number of carboxylic acids is 1. The van der Waals surface area contributed by atoms with Crippen molar-refractivity contribution in [2.45, 2.75) is 37.9 Å². The molecule has 1 fully saturated rings. The van der Waals surface area contributed by atoms with E-state index in [2.05, 4.69) is 21.2 Å². The second kappa shape index (κ2) is 10.4. The Labute approximate surface area is 192 Å². The third-order valence-corrected chi connectivity index (χ3v) is 6.05. The van der Waals surface area contributed by atoms with Crippen LogP contribution in [-0.4, -0.2) is 41.1 Å². The molecule has 0 spiro atoms. The summed E-state index contributed by atoms with van der Waals surface area (Å²) in [5.74, 6) is -1.71. The number of aliphatic carboxylic acids is 1. The highest BCUT2D eigenvalue weighted by Gasteiger charge is 2.30. The van der Waals surface area contributed by atoms with Crippen molar-refractivity contribution in [1.82, 2.24) is 4.90 Å². The second-order valence-electron chi connectivity index (χ2n) is 7.91. The highest BCUT2D eigenvalue weighted by Crippen LogP contribution is 2.31. The first-order valence-corrected chi connectivity index (χ1v) is 11.1. The SMILES string of the molecule is O=C(O)[C@@H]1CCCN(C(=O)c2ccc(NC(CCC(F)(F)F)c3ccc(Br)cc3)cc2)C1. The van der Waals surface area contributed by atoms with E-state index in [-0.39, 0.29) is 18.9 Å². The number of rotatable bonds is 7. The van der Waals surface area contributed by atoms with E-state index in [1.807, 2.05) is 0 Å². The van der Waals surface area contributed by atoms with E-state index in [1.165, 1.54) is 0 Å². The van der Waals surface area contributed by atoms with Crippen LogP contribution in [0.5, 0.6) is 0 Å². The molecule has 0 aromatic heterocycles. The molecule has 1 aliphatic heterocycles. The number of nitrogens with zero attached hydrogens (tertiary/aromatic N) is 1. The molecule has 5 nitrogen and oxygen atoms in total. The van der Waals surface area contributed by atoms with Gasteiger partial charge in [-0.25, -0.2) is 0 Å². The van der Waals surface area contributed by atoms with Crippen LogP contribution in [0.1, 0.15) is 47.6 Å². The zero-order valence-electron chi connectivity index (χ0n) is 17.2. The number of halogens is 4. The topological polar surface area (TPSA) is 69.6 Å². The fourth-order valence-corrected chi connectivity index (χ4v) is 4.05. The number of nitrogens with one attached hydrogen (secondary N) is 1. The largest absolute Gasteiger partial charge is 0.481 e. The Hall–Kier alpha value is -2.55. The number of amides is 1. The normalized spacial score (nSPS) is 17.6. The van der Waals surface area contributed by atoms with Crippen LogP contribution in [0.15, 0.2) is 53.0 Å². The zero-order chi connectivity index (χ0) is 23.3. The predicted octanol–water partition coefficient (Wildman–Crippen LogP) is 5.88. The van der Waals surface area contributed by atoms with Crippen molar-refractivity contribution >= 4 is 33.5 Å². The lowest BCUT2D eigenvalue weighted by atomic mass is 9.97. The average Bonchev–Trinajstić information content (AvgIpc) is 2.76. The van der Waals surface area contributed by atoms with Crippen LogP contribution in [0, 0.1) is 5.92 Å². The Balaban J connectivity index is 1.70. The predicted molar refractivity (Wildman–Crippen MR) is 119 cm³/mol. The van der Waals surface area contributed by atoms with Gasteiger partial charge in [0.15, 0.2) is 0 Å². The summed E-state index contributed by atoms with van der Waals surface area (Å²) in [6.07, 6.45) is -4.12. The van der Waals surface area contributed by atoms with Crippen LogP contribution in [0.25, 0.3) is 0 Å². The van der Waals surface area contributed by atoms with Crippen molar-refractivity contribution in [3.8, 4) is 0 Å². The quantitative estimate of drug-likeness (QED) is 0.485. The van der Waals surface area contributed by atoms with Gasteiger partial charge in [0.25, 0.3) is 5.91 Å². The average molecular weight is 513 g/mol. The molecule has 1 amide bonds. The Morgan fingerprint density at radius 2 is 1.78 bits per heavy atom. The molecule has 0 saturated carbocycles. The summed E-state index contributed by atoms with van der Waals surface area (Å²) in [5, 5.41) is 12.3. The molecule has 1 saturated heterocycles. The van der Waals surface area contributed by atoms with Crippen LogP contribution in [0.3, 0.4) is 0 Å². The minimum Gasteiger partial charge on any atom is -0.481 e. The maximum absolute atomic E-state index is 12.8. The van der Waals surface area contributed by atoms with Gasteiger partial charge in [-0.2, -0.15) is 13.2 Å². The molecule has 0 radical (unpaired) electrons. The minimum atomic E-state index is -4.26. The van der Waals surface area contributed by atoms with Gasteiger partial charge in [-0.15, -0.1) is 0 Å². The molecular formula is C23H24BrF3N2O3. The van der Waals surface area contributed by atoms with Crippen LogP contribution >= 0.6 is 15.9 Å². The van der Waals surface area contributed by atoms with E-state index in [9.17, 15) is 27.9 Å². The highest BCUT2D eigenvalue weighted by atomic mass is 79.9. The lowest BCUT2D eigenvalue weighted by molar-refractivity contribution is -0.143. The molecule has 9 heteroatoms. The van der Waals surface area contributed by atoms with Gasteiger partial charge in [0, 0.05) is 35.2 Å². The zero-order valence-corrected chi connectivity index (χ0v) is 18.8. The van der Waals surface area contributed by atoms with Gasteiger partial charge in [-0.1, -0.05) is 28.1 Å². The van der Waals surface area contributed by atoms with Gasteiger partial charge in [0.1, 0.15) is 0 Å². The minimum absolute atomic E-state index is 0.129. The third kappa shape index (κ3) is 6.72. The first-order valence-electron chi connectivity index (χ1n) is 10.3. The maximum atomic E-state index is 12.8. The third-order valence-electron chi connectivity index (χ3n) is 5.52. The van der Waals surface area contributed by atoms with Crippen molar-refractivity contribution in [2.75, 3.05) is 18.4 Å².